The predicted octanol–water partition coefficient (Wildman–Crippen LogP) is 3.37. The van der Waals surface area contributed by atoms with E-state index < -0.39 is 18.0 Å². The zero-order chi connectivity index (χ0) is 18.5. The van der Waals surface area contributed by atoms with E-state index in [0.717, 1.165) is 11.1 Å². The van der Waals surface area contributed by atoms with Crippen molar-refractivity contribution in [1.29, 1.82) is 0 Å². The normalized spacial score (nSPS) is 22.1. The highest BCUT2D eigenvalue weighted by atomic mass is 16.5. The van der Waals surface area contributed by atoms with Crippen molar-refractivity contribution in [1.82, 2.24) is 0 Å². The molecule has 136 valence electrons. The number of hydrogen-bond acceptors (Lipinski definition) is 4. The van der Waals surface area contributed by atoms with Gasteiger partial charge in [0, 0.05) is 18.9 Å². The minimum Gasteiger partial charge on any atom is -0.481 e. The number of ether oxygens (including phenoxy) is 1. The molecule has 1 saturated carbocycles. The second-order valence-corrected chi connectivity index (χ2v) is 6.67. The molecule has 0 spiro atoms. The van der Waals surface area contributed by atoms with Gasteiger partial charge in [-0.15, -0.1) is 0 Å². The largest absolute Gasteiger partial charge is 0.481 e. The molecule has 0 saturated heterocycles. The highest BCUT2D eigenvalue weighted by molar-refractivity contribution is 5.90. The number of carboxylic acid groups (broad SMARTS) is 1. The Morgan fingerprint density at radius 1 is 0.962 bits per heavy atom. The summed E-state index contributed by atoms with van der Waals surface area (Å²) in [6.45, 7) is -0.178. The van der Waals surface area contributed by atoms with Gasteiger partial charge in [-0.25, -0.2) is 4.79 Å². The van der Waals surface area contributed by atoms with E-state index in [2.05, 4.69) is 0 Å². The first-order valence-electron chi connectivity index (χ1n) is 8.77. The number of benzene rings is 2. The number of hydrogen-bond donors (Lipinski definition) is 2. The zero-order valence-corrected chi connectivity index (χ0v) is 14.4. The number of aliphatic hydroxyl groups is 1. The summed E-state index contributed by atoms with van der Waals surface area (Å²) in [4.78, 5) is 23.3. The number of rotatable bonds is 6. The van der Waals surface area contributed by atoms with Crippen LogP contribution >= 0.6 is 0 Å². The number of aliphatic hydroxyl groups excluding tert-OH is 1. The van der Waals surface area contributed by atoms with E-state index >= 15 is 0 Å². The van der Waals surface area contributed by atoms with E-state index in [-0.39, 0.29) is 24.9 Å². The Labute approximate surface area is 152 Å². The maximum Gasteiger partial charge on any atom is 0.338 e. The second-order valence-electron chi connectivity index (χ2n) is 6.67. The zero-order valence-electron chi connectivity index (χ0n) is 14.4. The van der Waals surface area contributed by atoms with E-state index in [0.29, 0.717) is 18.4 Å². The van der Waals surface area contributed by atoms with Crippen LogP contribution in [0.3, 0.4) is 0 Å². The monoisotopic (exact) mass is 354 g/mol. The Bertz CT molecular complexity index is 754. The lowest BCUT2D eigenvalue weighted by molar-refractivity contribution is -0.138. The van der Waals surface area contributed by atoms with Gasteiger partial charge in [0.15, 0.2) is 0 Å². The van der Waals surface area contributed by atoms with Gasteiger partial charge in [-0.1, -0.05) is 42.5 Å². The summed E-state index contributed by atoms with van der Waals surface area (Å²) in [6.07, 6.45) is 0.774. The average molecular weight is 354 g/mol. The van der Waals surface area contributed by atoms with Crippen LogP contribution in [-0.4, -0.2) is 34.9 Å². The van der Waals surface area contributed by atoms with E-state index in [9.17, 15) is 14.7 Å². The summed E-state index contributed by atoms with van der Waals surface area (Å²) >= 11 is 0. The van der Waals surface area contributed by atoms with E-state index in [1.807, 2.05) is 42.5 Å². The molecule has 26 heavy (non-hydrogen) atoms. The number of carbonyl (C=O) groups is 2. The molecule has 0 bridgehead atoms. The van der Waals surface area contributed by atoms with Crippen LogP contribution in [0.5, 0.6) is 0 Å². The lowest BCUT2D eigenvalue weighted by Crippen LogP contribution is -2.29. The van der Waals surface area contributed by atoms with Crippen molar-refractivity contribution in [2.45, 2.75) is 25.4 Å². The molecule has 0 aliphatic heterocycles. The maximum atomic E-state index is 12.4. The standard InChI is InChI=1S/C21H22O5/c22-13-18-17(12-20(23)24)10-11-19(18)26-21(25)16-8-6-15(7-9-16)14-4-2-1-3-5-14/h1-9,17-19,22H,10-13H2,(H,23,24)/t17-,18?,19-/m1/s1. The van der Waals surface area contributed by atoms with Crippen LogP contribution in [0.4, 0.5) is 0 Å². The molecular weight excluding hydrogens is 332 g/mol. The molecule has 5 heteroatoms. The third-order valence-corrected chi connectivity index (χ3v) is 5.04. The van der Waals surface area contributed by atoms with Gasteiger partial charge in [0.05, 0.1) is 5.56 Å². The molecule has 3 atom stereocenters. The molecule has 2 N–H and O–H groups in total. The van der Waals surface area contributed by atoms with Crippen LogP contribution in [0.2, 0.25) is 0 Å². The van der Waals surface area contributed by atoms with Gasteiger partial charge in [0.1, 0.15) is 6.10 Å². The first-order chi connectivity index (χ1) is 12.6. The minimum atomic E-state index is -0.892. The maximum absolute atomic E-state index is 12.4. The van der Waals surface area contributed by atoms with Crippen molar-refractivity contribution < 1.29 is 24.5 Å². The Kier molecular flexibility index (Phi) is 5.68. The van der Waals surface area contributed by atoms with Gasteiger partial charge in [-0.05, 0) is 42.0 Å². The molecule has 2 aromatic rings. The lowest BCUT2D eigenvalue weighted by Gasteiger charge is -2.22. The molecule has 3 rings (SSSR count). The molecule has 0 amide bonds. The van der Waals surface area contributed by atoms with E-state index in [1.54, 1.807) is 12.1 Å². The van der Waals surface area contributed by atoms with Crippen LogP contribution in [0.1, 0.15) is 29.6 Å². The number of carbonyl (C=O) groups excluding carboxylic acids is 1. The first kappa shape index (κ1) is 18.1. The molecular formula is C21H22O5. The highest BCUT2D eigenvalue weighted by Crippen LogP contribution is 2.36. The van der Waals surface area contributed by atoms with Gasteiger partial charge in [0.2, 0.25) is 0 Å². The molecule has 1 fully saturated rings. The number of esters is 1. The Balaban J connectivity index is 1.65. The van der Waals surface area contributed by atoms with Gasteiger partial charge in [-0.3, -0.25) is 4.79 Å². The predicted molar refractivity (Wildman–Crippen MR) is 96.6 cm³/mol. The van der Waals surface area contributed by atoms with Gasteiger partial charge in [-0.2, -0.15) is 0 Å². The Morgan fingerprint density at radius 3 is 2.23 bits per heavy atom. The molecule has 5 nitrogen and oxygen atoms in total. The summed E-state index contributed by atoms with van der Waals surface area (Å²) in [6, 6.07) is 17.1. The summed E-state index contributed by atoms with van der Waals surface area (Å²) in [5.41, 5.74) is 2.53. The van der Waals surface area contributed by atoms with Crippen LogP contribution in [0, 0.1) is 11.8 Å². The molecule has 1 aliphatic carbocycles. The summed E-state index contributed by atoms with van der Waals surface area (Å²) < 4.78 is 5.57. The third kappa shape index (κ3) is 4.11. The minimum absolute atomic E-state index is 0.00888. The topological polar surface area (TPSA) is 83.8 Å². The number of aliphatic carboxylic acids is 1. The van der Waals surface area contributed by atoms with Gasteiger partial charge in [0.25, 0.3) is 0 Å². The quantitative estimate of drug-likeness (QED) is 0.777. The van der Waals surface area contributed by atoms with Gasteiger partial charge >= 0.3 is 11.9 Å². The van der Waals surface area contributed by atoms with Crippen molar-refractivity contribution in [3.05, 3.63) is 60.2 Å². The summed E-state index contributed by atoms with van der Waals surface area (Å²) in [7, 11) is 0. The van der Waals surface area contributed by atoms with Crippen molar-refractivity contribution in [3.63, 3.8) is 0 Å². The summed E-state index contributed by atoms with van der Waals surface area (Å²) in [5, 5.41) is 18.5. The van der Waals surface area contributed by atoms with E-state index in [1.165, 1.54) is 0 Å². The fourth-order valence-electron chi connectivity index (χ4n) is 3.64. The molecule has 0 heterocycles. The highest BCUT2D eigenvalue weighted by Gasteiger charge is 2.39. The average Bonchev–Trinajstić information content (AvgIpc) is 3.03. The molecule has 1 unspecified atom stereocenters. The van der Waals surface area contributed by atoms with Crippen molar-refractivity contribution in [3.8, 4) is 11.1 Å². The van der Waals surface area contributed by atoms with Crippen LogP contribution in [-0.2, 0) is 9.53 Å². The summed E-state index contributed by atoms with van der Waals surface area (Å²) in [5.74, 6) is -1.81. The Hall–Kier alpha value is -2.66. The number of carboxylic acids is 1. The SMILES string of the molecule is O=C(O)C[C@H]1CC[C@@H](OC(=O)c2ccc(-c3ccccc3)cc2)C1CO. The van der Waals surface area contributed by atoms with Crippen molar-refractivity contribution >= 4 is 11.9 Å². The van der Waals surface area contributed by atoms with Crippen LogP contribution < -0.4 is 0 Å². The van der Waals surface area contributed by atoms with Gasteiger partial charge < -0.3 is 14.9 Å². The smallest absolute Gasteiger partial charge is 0.338 e. The third-order valence-electron chi connectivity index (χ3n) is 5.04. The van der Waals surface area contributed by atoms with Crippen molar-refractivity contribution in [2.75, 3.05) is 6.61 Å². The second kappa shape index (κ2) is 8.15. The molecule has 1 aliphatic rings. The van der Waals surface area contributed by atoms with Crippen LogP contribution in [0.25, 0.3) is 11.1 Å². The Morgan fingerprint density at radius 2 is 1.62 bits per heavy atom. The van der Waals surface area contributed by atoms with Crippen LogP contribution in [0.15, 0.2) is 54.6 Å². The molecule has 2 aromatic carbocycles. The van der Waals surface area contributed by atoms with Crippen molar-refractivity contribution in [2.24, 2.45) is 11.8 Å². The first-order valence-corrected chi connectivity index (χ1v) is 8.77. The fourth-order valence-corrected chi connectivity index (χ4v) is 3.64. The molecule has 0 aromatic heterocycles. The fraction of sp³-hybridized carbons (Fsp3) is 0.333. The molecule has 0 radical (unpaired) electrons. The lowest BCUT2D eigenvalue weighted by atomic mass is 9.92. The van der Waals surface area contributed by atoms with E-state index in [4.69, 9.17) is 9.84 Å².